The van der Waals surface area contributed by atoms with Crippen molar-refractivity contribution in [3.05, 3.63) is 29.8 Å². The number of nitrogens with zero attached hydrogens (tertiary/aromatic N) is 4. The molecule has 0 saturated carbocycles. The molecule has 96 valence electrons. The van der Waals surface area contributed by atoms with Crippen molar-refractivity contribution in [2.24, 2.45) is 7.05 Å². The van der Waals surface area contributed by atoms with E-state index in [9.17, 15) is 4.79 Å². The van der Waals surface area contributed by atoms with Crippen molar-refractivity contribution in [1.82, 2.24) is 19.6 Å². The van der Waals surface area contributed by atoms with Crippen molar-refractivity contribution >= 4 is 5.78 Å². The molecule has 2 rings (SSSR count). The molecule has 0 N–H and O–H groups in total. The summed E-state index contributed by atoms with van der Waals surface area (Å²) in [5.74, 6) is 0.351. The second-order valence-electron chi connectivity index (χ2n) is 4.33. The maximum absolute atomic E-state index is 12.4. The number of ketones is 1. The van der Waals surface area contributed by atoms with Gasteiger partial charge in [-0.05, 0) is 13.8 Å². The predicted molar refractivity (Wildman–Crippen MR) is 65.8 cm³/mol. The van der Waals surface area contributed by atoms with E-state index in [0.29, 0.717) is 17.0 Å². The van der Waals surface area contributed by atoms with Gasteiger partial charge < -0.3 is 4.74 Å². The van der Waals surface area contributed by atoms with E-state index in [2.05, 4.69) is 10.2 Å². The Morgan fingerprint density at radius 2 is 2.06 bits per heavy atom. The number of aryl methyl sites for hydroxylation is 1. The minimum Gasteiger partial charge on any atom is -0.493 e. The lowest BCUT2D eigenvalue weighted by atomic mass is 10.1. The van der Waals surface area contributed by atoms with Gasteiger partial charge in [-0.15, -0.1) is 0 Å². The van der Waals surface area contributed by atoms with Crippen LogP contribution in [0.25, 0.3) is 0 Å². The minimum absolute atomic E-state index is 0.0875. The molecule has 0 radical (unpaired) electrons. The van der Waals surface area contributed by atoms with Crippen molar-refractivity contribution in [2.45, 2.75) is 19.9 Å². The van der Waals surface area contributed by atoms with Gasteiger partial charge in [0.1, 0.15) is 0 Å². The first-order chi connectivity index (χ1) is 8.54. The molecule has 0 aliphatic rings. The smallest absolute Gasteiger partial charge is 0.218 e. The monoisotopic (exact) mass is 248 g/mol. The highest BCUT2D eigenvalue weighted by molar-refractivity contribution is 6.09. The number of methoxy groups -OCH3 is 1. The number of ether oxygens (including phenoxy) is 1. The zero-order chi connectivity index (χ0) is 13.3. The van der Waals surface area contributed by atoms with Crippen LogP contribution in [0.15, 0.2) is 18.6 Å². The van der Waals surface area contributed by atoms with E-state index >= 15 is 0 Å². The third-order valence-electron chi connectivity index (χ3n) is 2.65. The average Bonchev–Trinajstić information content (AvgIpc) is 2.93. The van der Waals surface area contributed by atoms with Crippen LogP contribution in [-0.4, -0.2) is 32.5 Å². The minimum atomic E-state index is -0.133. The summed E-state index contributed by atoms with van der Waals surface area (Å²) in [6.45, 7) is 3.93. The molecule has 0 spiro atoms. The first-order valence-electron chi connectivity index (χ1n) is 5.69. The molecule has 0 aliphatic carbocycles. The molecule has 0 amide bonds. The SMILES string of the molecule is COc1cnn(C(C)C)c1C(=O)c1cnn(C)c1. The van der Waals surface area contributed by atoms with Crippen LogP contribution in [0.3, 0.4) is 0 Å². The number of carbonyl (C=O) groups excluding carboxylic acids is 1. The van der Waals surface area contributed by atoms with Crippen LogP contribution in [0, 0.1) is 0 Å². The molecular formula is C12H16N4O2. The van der Waals surface area contributed by atoms with Crippen LogP contribution in [0.1, 0.15) is 35.9 Å². The van der Waals surface area contributed by atoms with Crippen molar-refractivity contribution in [2.75, 3.05) is 7.11 Å². The normalized spacial score (nSPS) is 10.9. The van der Waals surface area contributed by atoms with Crippen LogP contribution in [0.2, 0.25) is 0 Å². The van der Waals surface area contributed by atoms with Gasteiger partial charge in [0.2, 0.25) is 5.78 Å². The summed E-state index contributed by atoms with van der Waals surface area (Å²) < 4.78 is 8.45. The molecular weight excluding hydrogens is 232 g/mol. The van der Waals surface area contributed by atoms with Crippen LogP contribution in [0.4, 0.5) is 0 Å². The molecule has 2 aromatic heterocycles. The fourth-order valence-corrected chi connectivity index (χ4v) is 1.78. The Kier molecular flexibility index (Phi) is 3.18. The van der Waals surface area contributed by atoms with Crippen molar-refractivity contribution in [3.63, 3.8) is 0 Å². The zero-order valence-corrected chi connectivity index (χ0v) is 10.9. The fraction of sp³-hybridized carbons (Fsp3) is 0.417. The van der Waals surface area contributed by atoms with E-state index in [-0.39, 0.29) is 11.8 Å². The summed E-state index contributed by atoms with van der Waals surface area (Å²) in [6.07, 6.45) is 4.78. The lowest BCUT2D eigenvalue weighted by Gasteiger charge is -2.10. The maximum Gasteiger partial charge on any atom is 0.218 e. The van der Waals surface area contributed by atoms with Gasteiger partial charge in [-0.2, -0.15) is 10.2 Å². The molecule has 0 unspecified atom stereocenters. The largest absolute Gasteiger partial charge is 0.493 e. The van der Waals surface area contributed by atoms with E-state index in [1.807, 2.05) is 13.8 Å². The number of carbonyl (C=O) groups is 1. The second kappa shape index (κ2) is 4.64. The van der Waals surface area contributed by atoms with Crippen LogP contribution in [0.5, 0.6) is 5.75 Å². The lowest BCUT2D eigenvalue weighted by Crippen LogP contribution is -2.14. The maximum atomic E-state index is 12.4. The molecule has 0 bridgehead atoms. The molecule has 2 heterocycles. The molecule has 0 saturated heterocycles. The molecule has 18 heavy (non-hydrogen) atoms. The van der Waals surface area contributed by atoms with Crippen molar-refractivity contribution in [1.29, 1.82) is 0 Å². The Morgan fingerprint density at radius 3 is 2.56 bits per heavy atom. The quantitative estimate of drug-likeness (QED) is 0.768. The third kappa shape index (κ3) is 2.01. The molecule has 0 aromatic carbocycles. The van der Waals surface area contributed by atoms with Gasteiger partial charge in [0, 0.05) is 19.3 Å². The van der Waals surface area contributed by atoms with Crippen LogP contribution >= 0.6 is 0 Å². The van der Waals surface area contributed by atoms with Gasteiger partial charge in [0.25, 0.3) is 0 Å². The number of hydrogen-bond acceptors (Lipinski definition) is 4. The summed E-state index contributed by atoms with van der Waals surface area (Å²) in [5.41, 5.74) is 0.985. The van der Waals surface area contributed by atoms with Crippen molar-refractivity contribution < 1.29 is 9.53 Å². The molecule has 2 aromatic rings. The fourth-order valence-electron chi connectivity index (χ4n) is 1.78. The second-order valence-corrected chi connectivity index (χ2v) is 4.33. The average molecular weight is 248 g/mol. The molecule has 0 atom stereocenters. The summed E-state index contributed by atoms with van der Waals surface area (Å²) in [6, 6.07) is 0.0875. The molecule has 6 nitrogen and oxygen atoms in total. The van der Waals surface area contributed by atoms with Gasteiger partial charge in [-0.1, -0.05) is 0 Å². The predicted octanol–water partition coefficient (Wildman–Crippen LogP) is 1.44. The van der Waals surface area contributed by atoms with Crippen molar-refractivity contribution in [3.8, 4) is 5.75 Å². The van der Waals surface area contributed by atoms with E-state index in [1.165, 1.54) is 7.11 Å². The topological polar surface area (TPSA) is 61.9 Å². The van der Waals surface area contributed by atoms with Gasteiger partial charge in [-0.3, -0.25) is 14.2 Å². The Labute approximate surface area is 105 Å². The summed E-state index contributed by atoms with van der Waals surface area (Å²) in [4.78, 5) is 12.4. The summed E-state index contributed by atoms with van der Waals surface area (Å²) in [7, 11) is 3.30. The first-order valence-corrected chi connectivity index (χ1v) is 5.69. The van der Waals surface area contributed by atoms with E-state index in [0.717, 1.165) is 0 Å². The van der Waals surface area contributed by atoms with E-state index < -0.39 is 0 Å². The summed E-state index contributed by atoms with van der Waals surface area (Å²) in [5, 5.41) is 8.19. The Bertz CT molecular complexity index is 568. The Morgan fingerprint density at radius 1 is 1.33 bits per heavy atom. The highest BCUT2D eigenvalue weighted by Crippen LogP contribution is 2.23. The van der Waals surface area contributed by atoms with E-state index in [4.69, 9.17) is 4.74 Å². The zero-order valence-electron chi connectivity index (χ0n) is 10.9. The van der Waals surface area contributed by atoms with Gasteiger partial charge in [0.15, 0.2) is 11.4 Å². The Balaban J connectivity index is 2.49. The van der Waals surface area contributed by atoms with Gasteiger partial charge in [-0.25, -0.2) is 0 Å². The Hall–Kier alpha value is -2.11. The summed E-state index contributed by atoms with van der Waals surface area (Å²) >= 11 is 0. The molecule has 6 heteroatoms. The lowest BCUT2D eigenvalue weighted by molar-refractivity contribution is 0.102. The number of rotatable bonds is 4. The van der Waals surface area contributed by atoms with Crippen LogP contribution in [-0.2, 0) is 7.05 Å². The molecule has 0 fully saturated rings. The standard InChI is InChI=1S/C12H16N4O2/c1-8(2)16-11(10(18-4)6-14-16)12(17)9-5-13-15(3)7-9/h5-8H,1-4H3. The highest BCUT2D eigenvalue weighted by atomic mass is 16.5. The number of hydrogen-bond donors (Lipinski definition) is 0. The van der Waals surface area contributed by atoms with Gasteiger partial charge >= 0.3 is 0 Å². The van der Waals surface area contributed by atoms with E-state index in [1.54, 1.807) is 35.0 Å². The highest BCUT2D eigenvalue weighted by Gasteiger charge is 2.23. The van der Waals surface area contributed by atoms with Gasteiger partial charge in [0.05, 0.1) is 25.1 Å². The molecule has 0 aliphatic heterocycles. The number of aromatic nitrogens is 4. The van der Waals surface area contributed by atoms with Crippen LogP contribution < -0.4 is 4.74 Å². The third-order valence-corrected chi connectivity index (χ3v) is 2.65. The first kappa shape index (κ1) is 12.3.